The second kappa shape index (κ2) is 6.82. The molecule has 0 spiro atoms. The molecule has 0 aliphatic carbocycles. The molecule has 0 aliphatic heterocycles. The Labute approximate surface area is 95.1 Å². The maximum absolute atomic E-state index is 8.93. The van der Waals surface area contributed by atoms with E-state index in [2.05, 4.69) is 4.98 Å². The highest BCUT2D eigenvalue weighted by Gasteiger charge is 2.11. The lowest BCUT2D eigenvalue weighted by Crippen LogP contribution is -2.13. The quantitative estimate of drug-likeness (QED) is 0.770. The zero-order valence-electron chi connectivity index (χ0n) is 8.97. The van der Waals surface area contributed by atoms with E-state index in [0.29, 0.717) is 12.5 Å². The number of aliphatic hydroxyl groups excluding tert-OH is 1. The topological polar surface area (TPSA) is 59.1 Å². The average molecular weight is 226 g/mol. The first-order valence-electron chi connectivity index (χ1n) is 5.10. The summed E-state index contributed by atoms with van der Waals surface area (Å²) in [5.74, 6) is 1.24. The first-order chi connectivity index (χ1) is 7.27. The molecule has 0 aromatic carbocycles. The Morgan fingerprint density at radius 3 is 2.93 bits per heavy atom. The minimum absolute atomic E-state index is 0.233. The third-order valence-electron chi connectivity index (χ3n) is 2.16. The van der Waals surface area contributed by atoms with Crippen LogP contribution in [0.25, 0.3) is 0 Å². The lowest BCUT2D eigenvalue weighted by molar-refractivity contribution is 0.250. The van der Waals surface area contributed by atoms with Crippen molar-refractivity contribution in [3.8, 4) is 0 Å². The van der Waals surface area contributed by atoms with Crippen molar-refractivity contribution in [3.05, 3.63) is 30.1 Å². The van der Waals surface area contributed by atoms with E-state index in [9.17, 15) is 0 Å². The van der Waals surface area contributed by atoms with Gasteiger partial charge in [-0.2, -0.15) is 11.8 Å². The molecule has 4 heteroatoms. The maximum atomic E-state index is 8.93. The largest absolute Gasteiger partial charge is 0.396 e. The van der Waals surface area contributed by atoms with E-state index in [-0.39, 0.29) is 11.9 Å². The zero-order valence-corrected chi connectivity index (χ0v) is 9.78. The minimum Gasteiger partial charge on any atom is -0.396 e. The Kier molecular flexibility index (Phi) is 5.68. The predicted molar refractivity (Wildman–Crippen MR) is 64.7 cm³/mol. The van der Waals surface area contributed by atoms with Crippen LogP contribution in [0.1, 0.15) is 17.7 Å². The van der Waals surface area contributed by atoms with Gasteiger partial charge in [-0.1, -0.05) is 13.0 Å². The molecule has 0 saturated carbocycles. The van der Waals surface area contributed by atoms with Gasteiger partial charge in [0.25, 0.3) is 0 Å². The van der Waals surface area contributed by atoms with Gasteiger partial charge < -0.3 is 10.8 Å². The summed E-state index contributed by atoms with van der Waals surface area (Å²) in [6.45, 7) is 2.87. The highest BCUT2D eigenvalue weighted by atomic mass is 32.2. The molecule has 0 radical (unpaired) electrons. The molecule has 0 aliphatic rings. The van der Waals surface area contributed by atoms with Crippen LogP contribution in [0.4, 0.5) is 0 Å². The summed E-state index contributed by atoms with van der Waals surface area (Å²) < 4.78 is 0. The number of thioether (sulfide) groups is 1. The van der Waals surface area contributed by atoms with Crippen LogP contribution in [0.5, 0.6) is 0 Å². The highest BCUT2D eigenvalue weighted by molar-refractivity contribution is 7.99. The Bertz CT molecular complexity index is 269. The van der Waals surface area contributed by atoms with Crippen LogP contribution in [0.3, 0.4) is 0 Å². The molecule has 0 saturated heterocycles. The molecule has 2 unspecified atom stereocenters. The van der Waals surface area contributed by atoms with Crippen molar-refractivity contribution in [2.24, 2.45) is 11.7 Å². The van der Waals surface area contributed by atoms with E-state index < -0.39 is 0 Å². The van der Waals surface area contributed by atoms with Crippen LogP contribution in [-0.2, 0) is 0 Å². The third-order valence-corrected chi connectivity index (χ3v) is 3.79. The third kappa shape index (κ3) is 4.20. The second-order valence-corrected chi connectivity index (χ2v) is 4.87. The van der Waals surface area contributed by atoms with Crippen molar-refractivity contribution < 1.29 is 5.11 Å². The van der Waals surface area contributed by atoms with Gasteiger partial charge in [0.05, 0.1) is 0 Å². The molecule has 1 heterocycles. The van der Waals surface area contributed by atoms with Crippen molar-refractivity contribution in [3.63, 3.8) is 0 Å². The molecule has 2 atom stereocenters. The van der Waals surface area contributed by atoms with Crippen molar-refractivity contribution in [2.75, 3.05) is 18.9 Å². The summed E-state index contributed by atoms with van der Waals surface area (Å²) in [5, 5.41) is 9.22. The number of rotatable bonds is 6. The summed E-state index contributed by atoms with van der Waals surface area (Å²) in [6, 6.07) is 3.97. The Morgan fingerprint density at radius 2 is 2.40 bits per heavy atom. The van der Waals surface area contributed by atoms with Gasteiger partial charge in [-0.25, -0.2) is 0 Å². The lowest BCUT2D eigenvalue weighted by atomic mass is 10.2. The molecular formula is C11H18N2OS. The van der Waals surface area contributed by atoms with Crippen LogP contribution >= 0.6 is 11.8 Å². The van der Waals surface area contributed by atoms with Gasteiger partial charge in [0.15, 0.2) is 0 Å². The van der Waals surface area contributed by atoms with E-state index >= 15 is 0 Å². The molecule has 3 N–H and O–H groups in total. The monoisotopic (exact) mass is 226 g/mol. The Hall–Kier alpha value is -0.580. The van der Waals surface area contributed by atoms with Crippen LogP contribution in [0, 0.1) is 5.92 Å². The summed E-state index contributed by atoms with van der Waals surface area (Å²) in [7, 11) is 0. The number of aliphatic hydroxyl groups is 1. The molecule has 1 aromatic heterocycles. The molecule has 0 amide bonds. The first kappa shape index (κ1) is 12.5. The van der Waals surface area contributed by atoms with Gasteiger partial charge in [0.1, 0.15) is 0 Å². The van der Waals surface area contributed by atoms with Crippen LogP contribution in [0.2, 0.25) is 0 Å². The van der Waals surface area contributed by atoms with Gasteiger partial charge in [-0.3, -0.25) is 4.98 Å². The smallest absolute Gasteiger partial charge is 0.0464 e. The van der Waals surface area contributed by atoms with Crippen molar-refractivity contribution >= 4 is 11.8 Å². The summed E-state index contributed by atoms with van der Waals surface area (Å²) in [5.41, 5.74) is 6.88. The second-order valence-electron chi connectivity index (χ2n) is 3.63. The van der Waals surface area contributed by atoms with Gasteiger partial charge >= 0.3 is 0 Å². The van der Waals surface area contributed by atoms with Crippen molar-refractivity contribution in [1.82, 2.24) is 4.98 Å². The Morgan fingerprint density at radius 1 is 1.60 bits per heavy atom. The lowest BCUT2D eigenvalue weighted by Gasteiger charge is -2.16. The van der Waals surface area contributed by atoms with E-state index in [0.717, 1.165) is 11.3 Å². The summed E-state index contributed by atoms with van der Waals surface area (Å²) >= 11 is 1.78. The van der Waals surface area contributed by atoms with E-state index in [1.54, 1.807) is 18.0 Å². The van der Waals surface area contributed by atoms with E-state index in [4.69, 9.17) is 10.8 Å². The molecule has 1 aromatic rings. The fraction of sp³-hybridized carbons (Fsp3) is 0.545. The highest BCUT2D eigenvalue weighted by Crippen LogP contribution is 2.28. The van der Waals surface area contributed by atoms with Crippen LogP contribution in [0.15, 0.2) is 24.5 Å². The Balaban J connectivity index is 2.50. The van der Waals surface area contributed by atoms with Gasteiger partial charge in [0, 0.05) is 30.8 Å². The van der Waals surface area contributed by atoms with E-state index in [1.807, 2.05) is 25.3 Å². The zero-order chi connectivity index (χ0) is 11.1. The standard InChI is InChI=1S/C11H18N2OS/c1-9(7-14)8-15-11(5-12)10-3-2-4-13-6-10/h2-4,6,9,11,14H,5,7-8,12H2,1H3. The van der Waals surface area contributed by atoms with Gasteiger partial charge in [-0.15, -0.1) is 0 Å². The first-order valence-corrected chi connectivity index (χ1v) is 6.15. The predicted octanol–water partition coefficient (Wildman–Crippen LogP) is 1.44. The molecule has 1 rings (SSSR count). The fourth-order valence-corrected chi connectivity index (χ4v) is 2.33. The normalized spacial score (nSPS) is 14.9. The van der Waals surface area contributed by atoms with E-state index in [1.165, 1.54) is 0 Å². The maximum Gasteiger partial charge on any atom is 0.0464 e. The van der Waals surface area contributed by atoms with Crippen molar-refractivity contribution in [1.29, 1.82) is 0 Å². The van der Waals surface area contributed by atoms with Crippen LogP contribution in [-0.4, -0.2) is 29.0 Å². The van der Waals surface area contributed by atoms with Gasteiger partial charge in [0.2, 0.25) is 0 Å². The van der Waals surface area contributed by atoms with Gasteiger partial charge in [-0.05, 0) is 23.3 Å². The molecule has 15 heavy (non-hydrogen) atoms. The molecule has 3 nitrogen and oxygen atoms in total. The minimum atomic E-state index is 0.233. The SMILES string of the molecule is CC(CO)CSC(CN)c1cccnc1. The van der Waals surface area contributed by atoms with Crippen molar-refractivity contribution in [2.45, 2.75) is 12.2 Å². The van der Waals surface area contributed by atoms with Crippen LogP contribution < -0.4 is 5.73 Å². The number of nitrogens with two attached hydrogens (primary N) is 1. The fourth-order valence-electron chi connectivity index (χ4n) is 1.20. The molecular weight excluding hydrogens is 208 g/mol. The number of nitrogens with zero attached hydrogens (tertiary/aromatic N) is 1. The summed E-state index contributed by atoms with van der Waals surface area (Å²) in [4.78, 5) is 4.08. The number of hydrogen-bond acceptors (Lipinski definition) is 4. The molecule has 84 valence electrons. The molecule has 0 bridgehead atoms. The number of hydrogen-bond donors (Lipinski definition) is 2. The summed E-state index contributed by atoms with van der Waals surface area (Å²) in [6.07, 6.45) is 3.62. The molecule has 0 fully saturated rings. The number of pyridine rings is 1. The average Bonchev–Trinajstić information content (AvgIpc) is 2.31. The number of aromatic nitrogens is 1.